The molecule has 0 saturated carbocycles. The van der Waals surface area contributed by atoms with E-state index in [2.05, 4.69) is 11.4 Å². The van der Waals surface area contributed by atoms with Crippen molar-refractivity contribution in [3.05, 3.63) is 69.1 Å². The molecule has 162 valence electrons. The predicted octanol–water partition coefficient (Wildman–Crippen LogP) is 6.36. The van der Waals surface area contributed by atoms with Gasteiger partial charge < -0.3 is 5.32 Å². The first-order chi connectivity index (χ1) is 14.8. The number of thiocarbonyl (C=S) groups is 1. The number of anilines is 1. The highest BCUT2D eigenvalue weighted by Crippen LogP contribution is 2.33. The molecule has 0 spiro atoms. The second kappa shape index (κ2) is 10.9. The van der Waals surface area contributed by atoms with E-state index in [0.717, 1.165) is 36.1 Å². The summed E-state index contributed by atoms with van der Waals surface area (Å²) in [4.78, 5) is 27.1. The van der Waals surface area contributed by atoms with E-state index in [-0.39, 0.29) is 11.8 Å². The molecular weight excluding hydrogens is 448 g/mol. The van der Waals surface area contributed by atoms with Crippen LogP contribution in [-0.4, -0.2) is 27.6 Å². The number of rotatable bonds is 8. The second-order valence-electron chi connectivity index (χ2n) is 7.56. The molecule has 0 bridgehead atoms. The average Bonchev–Trinajstić information content (AvgIpc) is 2.98. The third kappa shape index (κ3) is 6.66. The summed E-state index contributed by atoms with van der Waals surface area (Å²) < 4.78 is 0.581. The number of nitrogens with zero attached hydrogens (tertiary/aromatic N) is 1. The molecular formula is C24H25ClN2O2S2. The first-order valence-electron chi connectivity index (χ1n) is 10.2. The van der Waals surface area contributed by atoms with E-state index < -0.39 is 0 Å². The lowest BCUT2D eigenvalue weighted by Gasteiger charge is -2.14. The number of unbranched alkanes of at least 4 members (excludes halogenated alkanes) is 2. The fourth-order valence-corrected chi connectivity index (χ4v) is 4.74. The SMILES string of the molecule is Cc1ccc(NC(=O)CCCCCN2C(=O)/C(=C/c3ccc(Cl)cc3)SC2=S)c(C)c1. The standard InChI is InChI=1S/C24H25ClN2O2S2/c1-16-7-12-20(17(2)14-16)26-22(28)6-4-3-5-13-27-23(29)21(31-24(27)30)15-18-8-10-19(25)11-9-18/h7-12,14-15H,3-6,13H2,1-2H3,(H,26,28)/b21-15-. The van der Waals surface area contributed by atoms with Crippen molar-refractivity contribution >= 4 is 63.5 Å². The summed E-state index contributed by atoms with van der Waals surface area (Å²) in [5.74, 6) is -0.0407. The summed E-state index contributed by atoms with van der Waals surface area (Å²) in [6, 6.07) is 13.3. The maximum atomic E-state index is 12.7. The first kappa shape index (κ1) is 23.5. The van der Waals surface area contributed by atoms with Crippen LogP contribution in [0.4, 0.5) is 5.69 Å². The maximum Gasteiger partial charge on any atom is 0.266 e. The minimum atomic E-state index is -0.0578. The Morgan fingerprint density at radius 2 is 1.87 bits per heavy atom. The molecule has 0 aliphatic carbocycles. The molecule has 2 aromatic carbocycles. The van der Waals surface area contributed by atoms with Crippen molar-refractivity contribution in [2.45, 2.75) is 39.5 Å². The van der Waals surface area contributed by atoms with E-state index in [1.807, 2.05) is 44.2 Å². The van der Waals surface area contributed by atoms with Gasteiger partial charge in [-0.2, -0.15) is 0 Å². The zero-order chi connectivity index (χ0) is 22.4. The normalized spacial score (nSPS) is 15.1. The van der Waals surface area contributed by atoms with Gasteiger partial charge in [-0.3, -0.25) is 14.5 Å². The fourth-order valence-electron chi connectivity index (χ4n) is 3.30. The van der Waals surface area contributed by atoms with Gasteiger partial charge in [0.15, 0.2) is 0 Å². The quantitative estimate of drug-likeness (QED) is 0.276. The second-order valence-corrected chi connectivity index (χ2v) is 9.67. The number of hydrogen-bond acceptors (Lipinski definition) is 4. The molecule has 4 nitrogen and oxygen atoms in total. The Morgan fingerprint density at radius 3 is 2.58 bits per heavy atom. The zero-order valence-corrected chi connectivity index (χ0v) is 20.0. The number of aryl methyl sites for hydroxylation is 2. The summed E-state index contributed by atoms with van der Waals surface area (Å²) in [6.45, 7) is 4.60. The highest BCUT2D eigenvalue weighted by Gasteiger charge is 2.31. The molecule has 2 amide bonds. The molecule has 1 fully saturated rings. The van der Waals surface area contributed by atoms with Crippen LogP contribution < -0.4 is 5.32 Å². The van der Waals surface area contributed by atoms with Crippen molar-refractivity contribution in [3.63, 3.8) is 0 Å². The number of benzene rings is 2. The Morgan fingerprint density at radius 1 is 1.13 bits per heavy atom. The van der Waals surface area contributed by atoms with E-state index in [4.69, 9.17) is 23.8 Å². The Kier molecular flexibility index (Phi) is 8.29. The lowest BCUT2D eigenvalue weighted by Crippen LogP contribution is -2.29. The van der Waals surface area contributed by atoms with E-state index in [0.29, 0.717) is 27.2 Å². The van der Waals surface area contributed by atoms with Gasteiger partial charge in [0.25, 0.3) is 5.91 Å². The van der Waals surface area contributed by atoms with E-state index >= 15 is 0 Å². The lowest BCUT2D eigenvalue weighted by atomic mass is 10.1. The van der Waals surface area contributed by atoms with E-state index in [1.54, 1.807) is 17.0 Å². The average molecular weight is 473 g/mol. The van der Waals surface area contributed by atoms with Gasteiger partial charge in [0.2, 0.25) is 5.91 Å². The number of hydrogen-bond donors (Lipinski definition) is 1. The topological polar surface area (TPSA) is 49.4 Å². The van der Waals surface area contributed by atoms with Crippen LogP contribution in [0.5, 0.6) is 0 Å². The fraction of sp³-hybridized carbons (Fsp3) is 0.292. The van der Waals surface area contributed by atoms with Gasteiger partial charge in [-0.25, -0.2) is 0 Å². The molecule has 0 radical (unpaired) electrons. The van der Waals surface area contributed by atoms with Crippen molar-refractivity contribution in [1.82, 2.24) is 4.90 Å². The molecule has 1 N–H and O–H groups in total. The summed E-state index contributed by atoms with van der Waals surface area (Å²) in [6.07, 6.45) is 4.73. The number of amides is 2. The van der Waals surface area contributed by atoms with Crippen LogP contribution >= 0.6 is 35.6 Å². The molecule has 1 saturated heterocycles. The number of thioether (sulfide) groups is 1. The monoisotopic (exact) mass is 472 g/mol. The van der Waals surface area contributed by atoms with Crippen LogP contribution in [0.15, 0.2) is 47.4 Å². The van der Waals surface area contributed by atoms with Crippen molar-refractivity contribution < 1.29 is 9.59 Å². The molecule has 1 aliphatic rings. The highest BCUT2D eigenvalue weighted by atomic mass is 35.5. The predicted molar refractivity (Wildman–Crippen MR) is 134 cm³/mol. The summed E-state index contributed by atoms with van der Waals surface area (Å²) in [5, 5.41) is 3.63. The zero-order valence-electron chi connectivity index (χ0n) is 17.6. The van der Waals surface area contributed by atoms with Crippen LogP contribution in [0.3, 0.4) is 0 Å². The minimum Gasteiger partial charge on any atom is -0.326 e. The van der Waals surface area contributed by atoms with Crippen LogP contribution in [0.2, 0.25) is 5.02 Å². The van der Waals surface area contributed by atoms with E-state index in [1.165, 1.54) is 17.3 Å². The van der Waals surface area contributed by atoms with Crippen molar-refractivity contribution in [3.8, 4) is 0 Å². The van der Waals surface area contributed by atoms with Gasteiger partial charge in [0.05, 0.1) is 4.91 Å². The number of nitrogens with one attached hydrogen (secondary N) is 1. The minimum absolute atomic E-state index is 0.0171. The van der Waals surface area contributed by atoms with Crippen molar-refractivity contribution in [2.75, 3.05) is 11.9 Å². The third-order valence-electron chi connectivity index (χ3n) is 4.98. The molecule has 0 atom stereocenters. The Labute approximate surface area is 198 Å². The van der Waals surface area contributed by atoms with Gasteiger partial charge in [0.1, 0.15) is 4.32 Å². The molecule has 0 aromatic heterocycles. The van der Waals surface area contributed by atoms with Gasteiger partial charge >= 0.3 is 0 Å². The Hall–Kier alpha value is -2.15. The summed E-state index contributed by atoms with van der Waals surface area (Å²) >= 11 is 12.6. The Balaban J connectivity index is 1.42. The van der Waals surface area contributed by atoms with Crippen molar-refractivity contribution in [1.29, 1.82) is 0 Å². The van der Waals surface area contributed by atoms with Gasteiger partial charge in [-0.1, -0.05) is 71.8 Å². The maximum absolute atomic E-state index is 12.7. The Bertz CT molecular complexity index is 1020. The molecule has 3 rings (SSSR count). The largest absolute Gasteiger partial charge is 0.326 e. The van der Waals surface area contributed by atoms with E-state index in [9.17, 15) is 9.59 Å². The first-order valence-corrected chi connectivity index (χ1v) is 11.8. The van der Waals surface area contributed by atoms with Crippen LogP contribution in [0, 0.1) is 13.8 Å². The number of carbonyl (C=O) groups is 2. The molecule has 2 aromatic rings. The van der Waals surface area contributed by atoms with Gasteiger partial charge in [-0.05, 0) is 62.1 Å². The molecule has 1 heterocycles. The van der Waals surface area contributed by atoms with Crippen LogP contribution in [0.25, 0.3) is 6.08 Å². The summed E-state index contributed by atoms with van der Waals surface area (Å²) in [5.41, 5.74) is 4.02. The van der Waals surface area contributed by atoms with Crippen LogP contribution in [0.1, 0.15) is 42.4 Å². The molecule has 7 heteroatoms. The lowest BCUT2D eigenvalue weighted by molar-refractivity contribution is -0.122. The molecule has 31 heavy (non-hydrogen) atoms. The molecule has 0 unspecified atom stereocenters. The smallest absolute Gasteiger partial charge is 0.266 e. The highest BCUT2D eigenvalue weighted by molar-refractivity contribution is 8.26. The summed E-state index contributed by atoms with van der Waals surface area (Å²) in [7, 11) is 0. The van der Waals surface area contributed by atoms with Gasteiger partial charge in [-0.15, -0.1) is 0 Å². The third-order valence-corrected chi connectivity index (χ3v) is 6.61. The number of carbonyl (C=O) groups excluding carboxylic acids is 2. The van der Waals surface area contributed by atoms with Gasteiger partial charge in [0, 0.05) is 23.7 Å². The van der Waals surface area contributed by atoms with Crippen LogP contribution in [-0.2, 0) is 9.59 Å². The number of halogens is 1. The molecule has 1 aliphatic heterocycles. The van der Waals surface area contributed by atoms with Crippen molar-refractivity contribution in [2.24, 2.45) is 0 Å².